The summed E-state index contributed by atoms with van der Waals surface area (Å²) in [6.45, 7) is 7.39. The molecule has 0 saturated heterocycles. The van der Waals surface area contributed by atoms with E-state index in [1.807, 2.05) is 12.1 Å². The Kier molecular flexibility index (Phi) is 6.05. The highest BCUT2D eigenvalue weighted by molar-refractivity contribution is 5.41. The van der Waals surface area contributed by atoms with Gasteiger partial charge >= 0.3 is 0 Å². The van der Waals surface area contributed by atoms with E-state index in [0.717, 1.165) is 19.4 Å². The number of hydrogen-bond donors (Lipinski definition) is 2. The fraction of sp³-hybridized carbons (Fsp3) is 0.400. The molecule has 2 aromatic carbocycles. The van der Waals surface area contributed by atoms with Crippen molar-refractivity contribution in [2.24, 2.45) is 0 Å². The smallest absolute Gasteiger partial charge is 0.160 e. The summed E-state index contributed by atoms with van der Waals surface area (Å²) in [6, 6.07) is 12.6. The number of phenolic OH excluding ortho intramolecular Hbond substituents is 1. The van der Waals surface area contributed by atoms with Gasteiger partial charge in [-0.25, -0.2) is 0 Å². The maximum absolute atomic E-state index is 9.63. The molecule has 3 heteroatoms. The molecule has 124 valence electrons. The van der Waals surface area contributed by atoms with E-state index in [9.17, 15) is 5.11 Å². The van der Waals surface area contributed by atoms with Crippen molar-refractivity contribution in [2.75, 3.05) is 7.11 Å². The Morgan fingerprint density at radius 3 is 2.48 bits per heavy atom. The van der Waals surface area contributed by atoms with Gasteiger partial charge in [-0.2, -0.15) is 0 Å². The van der Waals surface area contributed by atoms with E-state index in [2.05, 4.69) is 44.3 Å². The summed E-state index contributed by atoms with van der Waals surface area (Å²) < 4.78 is 5.15. The highest BCUT2D eigenvalue weighted by Gasteiger charge is 2.06. The van der Waals surface area contributed by atoms with Gasteiger partial charge < -0.3 is 15.2 Å². The van der Waals surface area contributed by atoms with Crippen LogP contribution in [0.5, 0.6) is 11.5 Å². The largest absolute Gasteiger partial charge is 0.504 e. The lowest BCUT2D eigenvalue weighted by molar-refractivity contribution is 0.372. The minimum absolute atomic E-state index is 0.192. The molecule has 0 aliphatic rings. The van der Waals surface area contributed by atoms with Crippen molar-refractivity contribution in [1.29, 1.82) is 0 Å². The second kappa shape index (κ2) is 8.02. The number of rotatable bonds is 7. The van der Waals surface area contributed by atoms with Crippen molar-refractivity contribution in [3.05, 3.63) is 58.7 Å². The molecule has 23 heavy (non-hydrogen) atoms. The first-order valence-corrected chi connectivity index (χ1v) is 8.15. The first-order chi connectivity index (χ1) is 11.0. The molecule has 2 N–H and O–H groups in total. The Morgan fingerprint density at radius 2 is 1.78 bits per heavy atom. The molecule has 0 radical (unpaired) electrons. The number of aryl methyl sites for hydroxylation is 3. The van der Waals surface area contributed by atoms with Crippen molar-refractivity contribution in [3.8, 4) is 11.5 Å². The number of benzene rings is 2. The van der Waals surface area contributed by atoms with E-state index in [4.69, 9.17) is 4.74 Å². The highest BCUT2D eigenvalue weighted by Crippen LogP contribution is 2.26. The van der Waals surface area contributed by atoms with E-state index in [1.165, 1.54) is 22.3 Å². The summed E-state index contributed by atoms with van der Waals surface area (Å²) in [7, 11) is 1.58. The van der Waals surface area contributed by atoms with E-state index in [0.29, 0.717) is 11.8 Å². The van der Waals surface area contributed by atoms with Gasteiger partial charge in [-0.3, -0.25) is 0 Å². The Morgan fingerprint density at radius 1 is 1.04 bits per heavy atom. The second-order valence-corrected chi connectivity index (χ2v) is 6.25. The van der Waals surface area contributed by atoms with E-state index in [1.54, 1.807) is 13.2 Å². The Balaban J connectivity index is 1.83. The van der Waals surface area contributed by atoms with Gasteiger partial charge in [0.2, 0.25) is 0 Å². The van der Waals surface area contributed by atoms with E-state index < -0.39 is 0 Å². The summed E-state index contributed by atoms with van der Waals surface area (Å²) in [4.78, 5) is 0. The molecule has 0 fully saturated rings. The molecule has 0 amide bonds. The first kappa shape index (κ1) is 17.4. The van der Waals surface area contributed by atoms with Gasteiger partial charge in [0, 0.05) is 12.6 Å². The molecular weight excluding hydrogens is 286 g/mol. The number of ether oxygens (including phenoxy) is 1. The average Bonchev–Trinajstić information content (AvgIpc) is 2.55. The van der Waals surface area contributed by atoms with Gasteiger partial charge in [-0.1, -0.05) is 24.3 Å². The molecule has 0 aliphatic carbocycles. The fourth-order valence-electron chi connectivity index (χ4n) is 2.57. The quantitative estimate of drug-likeness (QED) is 0.807. The first-order valence-electron chi connectivity index (χ1n) is 8.15. The van der Waals surface area contributed by atoms with Crippen LogP contribution in [-0.2, 0) is 13.0 Å². The predicted molar refractivity (Wildman–Crippen MR) is 95.2 cm³/mol. The molecule has 0 aromatic heterocycles. The average molecular weight is 313 g/mol. The molecule has 2 aromatic rings. The van der Waals surface area contributed by atoms with Gasteiger partial charge in [0.15, 0.2) is 11.5 Å². The van der Waals surface area contributed by atoms with Crippen LogP contribution >= 0.6 is 0 Å². The monoisotopic (exact) mass is 313 g/mol. The van der Waals surface area contributed by atoms with Gasteiger partial charge in [0.25, 0.3) is 0 Å². The number of nitrogens with one attached hydrogen (secondary N) is 1. The molecule has 0 spiro atoms. The Labute approximate surface area is 139 Å². The summed E-state index contributed by atoms with van der Waals surface area (Å²) >= 11 is 0. The van der Waals surface area contributed by atoms with Gasteiger partial charge in [0.1, 0.15) is 0 Å². The third-order valence-corrected chi connectivity index (χ3v) is 4.34. The Bertz CT molecular complexity index is 652. The van der Waals surface area contributed by atoms with Crippen LogP contribution in [0.3, 0.4) is 0 Å². The molecule has 3 nitrogen and oxygen atoms in total. The van der Waals surface area contributed by atoms with Crippen molar-refractivity contribution in [2.45, 2.75) is 46.2 Å². The normalized spacial score (nSPS) is 12.2. The van der Waals surface area contributed by atoms with E-state index in [-0.39, 0.29) is 5.75 Å². The summed E-state index contributed by atoms with van der Waals surface area (Å²) in [5.74, 6) is 0.732. The molecule has 1 unspecified atom stereocenters. The van der Waals surface area contributed by atoms with Crippen LogP contribution in [0.1, 0.15) is 35.6 Å². The predicted octanol–water partition coefficient (Wildman–Crippen LogP) is 4.13. The maximum atomic E-state index is 9.63. The zero-order valence-electron chi connectivity index (χ0n) is 14.5. The second-order valence-electron chi connectivity index (χ2n) is 6.25. The number of methoxy groups -OCH3 is 1. The zero-order valence-corrected chi connectivity index (χ0v) is 14.5. The van der Waals surface area contributed by atoms with Crippen LogP contribution in [0.25, 0.3) is 0 Å². The van der Waals surface area contributed by atoms with Gasteiger partial charge in [-0.15, -0.1) is 0 Å². The van der Waals surface area contributed by atoms with Crippen molar-refractivity contribution >= 4 is 0 Å². The SMILES string of the molecule is COc1cc(CCC(C)NCc2ccc(C)c(C)c2)ccc1O. The third-order valence-electron chi connectivity index (χ3n) is 4.34. The highest BCUT2D eigenvalue weighted by atomic mass is 16.5. The fourth-order valence-corrected chi connectivity index (χ4v) is 2.57. The molecule has 1 atom stereocenters. The molecule has 0 saturated carbocycles. The number of hydrogen-bond acceptors (Lipinski definition) is 3. The van der Waals surface area contributed by atoms with Gasteiger partial charge in [-0.05, 0) is 68.0 Å². The minimum atomic E-state index is 0.192. The van der Waals surface area contributed by atoms with Crippen molar-refractivity contribution in [3.63, 3.8) is 0 Å². The van der Waals surface area contributed by atoms with Gasteiger partial charge in [0.05, 0.1) is 7.11 Å². The topological polar surface area (TPSA) is 41.5 Å². The van der Waals surface area contributed by atoms with Crippen molar-refractivity contribution < 1.29 is 9.84 Å². The number of phenols is 1. The standard InChI is InChI=1S/C20H27NO2/c1-14-5-7-18(11-15(14)2)13-21-16(3)6-8-17-9-10-19(22)20(12-17)23-4/h5,7,9-12,16,21-22H,6,8,13H2,1-4H3. The summed E-state index contributed by atoms with van der Waals surface area (Å²) in [6.07, 6.45) is 2.00. The minimum Gasteiger partial charge on any atom is -0.504 e. The molecule has 0 aliphatic heterocycles. The number of aromatic hydroxyl groups is 1. The lowest BCUT2D eigenvalue weighted by Crippen LogP contribution is -2.26. The van der Waals surface area contributed by atoms with E-state index >= 15 is 0 Å². The van der Waals surface area contributed by atoms with Crippen molar-refractivity contribution in [1.82, 2.24) is 5.32 Å². The third kappa shape index (κ3) is 5.00. The van der Waals surface area contributed by atoms with Crippen LogP contribution < -0.4 is 10.1 Å². The lowest BCUT2D eigenvalue weighted by Gasteiger charge is -2.15. The molecular formula is C20H27NO2. The van der Waals surface area contributed by atoms with Crippen LogP contribution in [0.2, 0.25) is 0 Å². The summed E-state index contributed by atoms with van der Waals surface area (Å²) in [5.41, 5.74) is 5.18. The molecule has 2 rings (SSSR count). The molecule has 0 bridgehead atoms. The van der Waals surface area contributed by atoms with Crippen LogP contribution in [0.15, 0.2) is 36.4 Å². The maximum Gasteiger partial charge on any atom is 0.160 e. The lowest BCUT2D eigenvalue weighted by atomic mass is 10.0. The zero-order chi connectivity index (χ0) is 16.8. The Hall–Kier alpha value is -2.00. The summed E-state index contributed by atoms with van der Waals surface area (Å²) in [5, 5.41) is 13.2. The van der Waals surface area contributed by atoms with Crippen LogP contribution in [-0.4, -0.2) is 18.3 Å². The molecule has 0 heterocycles. The van der Waals surface area contributed by atoms with Crippen LogP contribution in [0.4, 0.5) is 0 Å². The van der Waals surface area contributed by atoms with Crippen LogP contribution in [0, 0.1) is 13.8 Å².